The fourth-order valence-electron chi connectivity index (χ4n) is 2.09. The maximum absolute atomic E-state index is 11.5. The molecule has 0 aromatic rings. The van der Waals surface area contributed by atoms with Crippen molar-refractivity contribution in [2.45, 2.75) is 33.6 Å². The van der Waals surface area contributed by atoms with E-state index in [1.807, 2.05) is 13.8 Å². The highest BCUT2D eigenvalue weighted by molar-refractivity contribution is 5.80. The van der Waals surface area contributed by atoms with Gasteiger partial charge in [0.15, 0.2) is 0 Å². The van der Waals surface area contributed by atoms with Gasteiger partial charge in [0, 0.05) is 38.5 Å². The minimum atomic E-state index is 0.205. The Morgan fingerprint density at radius 3 is 2.19 bits per heavy atom. The Labute approximate surface area is 99.8 Å². The Balaban J connectivity index is 2.08. The molecule has 1 rings (SSSR count). The Morgan fingerprint density at radius 1 is 1.12 bits per heavy atom. The molecule has 0 aromatic heterocycles. The number of Topliss-reactive ketones (excluding diaryl/α,β-unsaturated/α-hetero) is 1. The van der Waals surface area contributed by atoms with E-state index in [-0.39, 0.29) is 5.92 Å². The lowest BCUT2D eigenvalue weighted by atomic mass is 10.0. The van der Waals surface area contributed by atoms with E-state index >= 15 is 0 Å². The van der Waals surface area contributed by atoms with Gasteiger partial charge in [-0.1, -0.05) is 20.8 Å². The van der Waals surface area contributed by atoms with Crippen molar-refractivity contribution in [3.05, 3.63) is 0 Å². The van der Waals surface area contributed by atoms with Gasteiger partial charge in [0.05, 0.1) is 0 Å². The molecule has 3 heteroatoms. The predicted molar refractivity (Wildman–Crippen MR) is 67.6 cm³/mol. The molecule has 0 N–H and O–H groups in total. The van der Waals surface area contributed by atoms with Crippen LogP contribution in [0.4, 0.5) is 0 Å². The summed E-state index contributed by atoms with van der Waals surface area (Å²) >= 11 is 0. The second-order valence-electron chi connectivity index (χ2n) is 5.00. The van der Waals surface area contributed by atoms with Gasteiger partial charge in [-0.05, 0) is 19.5 Å². The summed E-state index contributed by atoms with van der Waals surface area (Å²) in [6, 6.07) is 0. The summed E-state index contributed by atoms with van der Waals surface area (Å²) in [6.45, 7) is 13.2. The van der Waals surface area contributed by atoms with Gasteiger partial charge in [-0.2, -0.15) is 0 Å². The molecule has 94 valence electrons. The molecular formula is C13H26N2O. The van der Waals surface area contributed by atoms with Crippen LogP contribution in [-0.4, -0.2) is 54.9 Å². The van der Waals surface area contributed by atoms with Crippen LogP contribution < -0.4 is 0 Å². The lowest BCUT2D eigenvalue weighted by Gasteiger charge is -2.33. The molecule has 1 aliphatic rings. The second-order valence-corrected chi connectivity index (χ2v) is 5.00. The van der Waals surface area contributed by atoms with Crippen LogP contribution in [0, 0.1) is 5.92 Å². The molecule has 0 bridgehead atoms. The van der Waals surface area contributed by atoms with E-state index < -0.39 is 0 Å². The summed E-state index contributed by atoms with van der Waals surface area (Å²) in [5.41, 5.74) is 0. The van der Waals surface area contributed by atoms with Crippen LogP contribution in [0.1, 0.15) is 33.6 Å². The zero-order valence-electron chi connectivity index (χ0n) is 11.0. The molecule has 1 saturated heterocycles. The first-order valence-corrected chi connectivity index (χ1v) is 6.61. The summed E-state index contributed by atoms with van der Waals surface area (Å²) in [5.74, 6) is 0.615. The van der Waals surface area contributed by atoms with Gasteiger partial charge < -0.3 is 9.80 Å². The van der Waals surface area contributed by atoms with Crippen LogP contribution in [0.3, 0.4) is 0 Å². The van der Waals surface area contributed by atoms with Gasteiger partial charge in [0.25, 0.3) is 0 Å². The lowest BCUT2D eigenvalue weighted by Crippen LogP contribution is -2.46. The summed E-state index contributed by atoms with van der Waals surface area (Å²) in [5, 5.41) is 0. The molecule has 0 atom stereocenters. The van der Waals surface area contributed by atoms with Crippen LogP contribution in [0.2, 0.25) is 0 Å². The highest BCUT2D eigenvalue weighted by Crippen LogP contribution is 2.06. The van der Waals surface area contributed by atoms with E-state index in [1.165, 1.54) is 32.7 Å². The van der Waals surface area contributed by atoms with Gasteiger partial charge in [-0.15, -0.1) is 0 Å². The van der Waals surface area contributed by atoms with Crippen molar-refractivity contribution in [1.82, 2.24) is 9.80 Å². The molecule has 1 fully saturated rings. The molecule has 3 nitrogen and oxygen atoms in total. The fraction of sp³-hybridized carbons (Fsp3) is 0.923. The van der Waals surface area contributed by atoms with Crippen molar-refractivity contribution < 1.29 is 4.79 Å². The highest BCUT2D eigenvalue weighted by Gasteiger charge is 2.15. The number of ketones is 1. The van der Waals surface area contributed by atoms with E-state index in [1.54, 1.807) is 0 Å². The third-order valence-electron chi connectivity index (χ3n) is 3.45. The van der Waals surface area contributed by atoms with Crippen LogP contribution in [-0.2, 0) is 4.79 Å². The Bertz CT molecular complexity index is 208. The maximum Gasteiger partial charge on any atom is 0.135 e. The van der Waals surface area contributed by atoms with Crippen molar-refractivity contribution in [2.75, 3.05) is 39.3 Å². The van der Waals surface area contributed by atoms with E-state index in [4.69, 9.17) is 0 Å². The molecular weight excluding hydrogens is 200 g/mol. The molecule has 0 saturated carbocycles. The molecule has 0 spiro atoms. The standard InChI is InChI=1S/C13H26N2O/c1-4-14-8-10-15(11-9-14)7-5-6-13(16)12(2)3/h12H,4-11H2,1-3H3. The predicted octanol–water partition coefficient (Wildman–Crippen LogP) is 1.63. The number of hydrogen-bond acceptors (Lipinski definition) is 3. The summed E-state index contributed by atoms with van der Waals surface area (Å²) in [4.78, 5) is 16.4. The summed E-state index contributed by atoms with van der Waals surface area (Å²) in [6.07, 6.45) is 1.79. The largest absolute Gasteiger partial charge is 0.301 e. The molecule has 0 aliphatic carbocycles. The number of likely N-dealkylation sites (N-methyl/N-ethyl adjacent to an activating group) is 1. The van der Waals surface area contributed by atoms with Crippen LogP contribution in [0.25, 0.3) is 0 Å². The number of piperazine rings is 1. The summed E-state index contributed by atoms with van der Waals surface area (Å²) < 4.78 is 0. The van der Waals surface area contributed by atoms with Crippen LogP contribution >= 0.6 is 0 Å². The van der Waals surface area contributed by atoms with Gasteiger partial charge in [-0.25, -0.2) is 0 Å². The number of carbonyl (C=O) groups excluding carboxylic acids is 1. The average Bonchev–Trinajstić information content (AvgIpc) is 2.29. The minimum Gasteiger partial charge on any atom is -0.301 e. The van der Waals surface area contributed by atoms with Crippen molar-refractivity contribution in [3.8, 4) is 0 Å². The number of hydrogen-bond donors (Lipinski definition) is 0. The molecule has 1 aliphatic heterocycles. The average molecular weight is 226 g/mol. The quantitative estimate of drug-likeness (QED) is 0.688. The van der Waals surface area contributed by atoms with Crippen molar-refractivity contribution in [3.63, 3.8) is 0 Å². The smallest absolute Gasteiger partial charge is 0.135 e. The molecule has 0 unspecified atom stereocenters. The molecule has 0 amide bonds. The Hall–Kier alpha value is -0.410. The normalized spacial score (nSPS) is 19.2. The van der Waals surface area contributed by atoms with Gasteiger partial charge in [-0.3, -0.25) is 4.79 Å². The summed E-state index contributed by atoms with van der Waals surface area (Å²) in [7, 11) is 0. The SMILES string of the molecule is CCN1CCN(CCCC(=O)C(C)C)CC1. The highest BCUT2D eigenvalue weighted by atomic mass is 16.1. The maximum atomic E-state index is 11.5. The van der Waals surface area contributed by atoms with Crippen LogP contribution in [0.5, 0.6) is 0 Å². The van der Waals surface area contributed by atoms with Gasteiger partial charge in [0.2, 0.25) is 0 Å². The Kier molecular flexibility index (Phi) is 5.99. The van der Waals surface area contributed by atoms with Gasteiger partial charge in [0.1, 0.15) is 5.78 Å². The first-order chi connectivity index (χ1) is 7.63. The zero-order valence-corrected chi connectivity index (χ0v) is 11.0. The fourth-order valence-corrected chi connectivity index (χ4v) is 2.09. The van der Waals surface area contributed by atoms with E-state index in [9.17, 15) is 4.79 Å². The monoisotopic (exact) mass is 226 g/mol. The molecule has 0 aromatic carbocycles. The van der Waals surface area contributed by atoms with Crippen molar-refractivity contribution >= 4 is 5.78 Å². The minimum absolute atomic E-state index is 0.205. The van der Waals surface area contributed by atoms with E-state index in [0.717, 1.165) is 19.4 Å². The molecule has 16 heavy (non-hydrogen) atoms. The van der Waals surface area contributed by atoms with E-state index in [2.05, 4.69) is 16.7 Å². The first-order valence-electron chi connectivity index (χ1n) is 6.61. The number of carbonyl (C=O) groups is 1. The Morgan fingerprint density at radius 2 is 1.69 bits per heavy atom. The zero-order chi connectivity index (χ0) is 12.0. The van der Waals surface area contributed by atoms with Crippen molar-refractivity contribution in [1.29, 1.82) is 0 Å². The van der Waals surface area contributed by atoms with Gasteiger partial charge >= 0.3 is 0 Å². The number of nitrogens with zero attached hydrogens (tertiary/aromatic N) is 2. The van der Waals surface area contributed by atoms with Crippen molar-refractivity contribution in [2.24, 2.45) is 5.92 Å². The first kappa shape index (κ1) is 13.7. The lowest BCUT2D eigenvalue weighted by molar-refractivity contribution is -0.122. The number of rotatable bonds is 6. The topological polar surface area (TPSA) is 23.6 Å². The van der Waals surface area contributed by atoms with E-state index in [0.29, 0.717) is 5.78 Å². The second kappa shape index (κ2) is 7.02. The third kappa shape index (κ3) is 4.62. The molecule has 0 radical (unpaired) electrons. The van der Waals surface area contributed by atoms with Crippen LogP contribution in [0.15, 0.2) is 0 Å². The molecule has 1 heterocycles. The third-order valence-corrected chi connectivity index (χ3v) is 3.45.